The van der Waals surface area contributed by atoms with E-state index in [1.54, 1.807) is 0 Å². The van der Waals surface area contributed by atoms with Gasteiger partial charge >= 0.3 is 5.97 Å². The Balaban J connectivity index is 3.84. The first-order chi connectivity index (χ1) is 5.43. The van der Waals surface area contributed by atoms with E-state index in [-0.39, 0.29) is 5.57 Å². The van der Waals surface area contributed by atoms with E-state index in [9.17, 15) is 14.9 Å². The summed E-state index contributed by atoms with van der Waals surface area (Å²) < 4.78 is 0. The van der Waals surface area contributed by atoms with E-state index in [0.29, 0.717) is 0 Å². The van der Waals surface area contributed by atoms with E-state index in [1.807, 2.05) is 0 Å². The first kappa shape index (κ1) is 10.6. The zero-order chi connectivity index (χ0) is 9.72. The number of rotatable bonds is 4. The van der Waals surface area contributed by atoms with E-state index >= 15 is 0 Å². The number of nitrogens with zero attached hydrogens (tertiary/aromatic N) is 2. The first-order valence-electron chi connectivity index (χ1n) is 3.14. The number of nitro groups is 1. The third kappa shape index (κ3) is 4.40. The van der Waals surface area contributed by atoms with E-state index in [0.717, 1.165) is 5.06 Å². The molecule has 0 rings (SSSR count). The van der Waals surface area contributed by atoms with Gasteiger partial charge in [-0.1, -0.05) is 11.6 Å². The molecule has 0 saturated carbocycles. The largest absolute Gasteiger partial charge is 0.358 e. The van der Waals surface area contributed by atoms with Gasteiger partial charge in [-0.05, 0) is 6.92 Å². The molecule has 0 unspecified atom stereocenters. The molecule has 68 valence electrons. The second kappa shape index (κ2) is 4.45. The van der Waals surface area contributed by atoms with Crippen molar-refractivity contribution in [2.45, 2.75) is 6.92 Å². The Morgan fingerprint density at radius 1 is 1.75 bits per heavy atom. The lowest BCUT2D eigenvalue weighted by Gasteiger charge is -2.10. The van der Waals surface area contributed by atoms with Gasteiger partial charge in [0.1, 0.15) is 0 Å². The maximum atomic E-state index is 10.7. The van der Waals surface area contributed by atoms with Crippen LogP contribution in [0.4, 0.5) is 0 Å². The molecule has 0 aromatic carbocycles. The zero-order valence-electron chi connectivity index (χ0n) is 6.94. The van der Waals surface area contributed by atoms with Crippen LogP contribution >= 0.6 is 0 Å². The lowest BCUT2D eigenvalue weighted by Crippen LogP contribution is -2.28. The predicted octanol–water partition coefficient (Wildman–Crippen LogP) is 0.187. The van der Waals surface area contributed by atoms with Gasteiger partial charge < -0.3 is 4.84 Å². The normalized spacial score (nSPS) is 9.58. The van der Waals surface area contributed by atoms with Gasteiger partial charge in [0.2, 0.25) is 0 Å². The number of hydrogen-bond acceptors (Lipinski definition) is 5. The van der Waals surface area contributed by atoms with E-state index in [1.165, 1.54) is 14.0 Å². The predicted molar refractivity (Wildman–Crippen MR) is 40.5 cm³/mol. The Bertz CT molecular complexity index is 214. The van der Waals surface area contributed by atoms with E-state index < -0.39 is 17.6 Å². The van der Waals surface area contributed by atoms with Crippen molar-refractivity contribution in [3.63, 3.8) is 0 Å². The minimum atomic E-state index is -0.667. The van der Waals surface area contributed by atoms with Gasteiger partial charge in [-0.15, -0.1) is 0 Å². The van der Waals surface area contributed by atoms with Crippen molar-refractivity contribution in [2.75, 3.05) is 13.7 Å². The van der Waals surface area contributed by atoms with Crippen molar-refractivity contribution in [3.05, 3.63) is 22.3 Å². The monoisotopic (exact) mass is 174 g/mol. The summed E-state index contributed by atoms with van der Waals surface area (Å²) in [5.74, 6) is -0.667. The summed E-state index contributed by atoms with van der Waals surface area (Å²) in [5.41, 5.74) is 0.199. The highest BCUT2D eigenvalue weighted by atomic mass is 16.7. The number of hydroxylamine groups is 2. The van der Waals surface area contributed by atoms with Gasteiger partial charge in [-0.3, -0.25) is 10.1 Å². The van der Waals surface area contributed by atoms with Gasteiger partial charge in [-0.25, -0.2) is 4.79 Å². The SMILES string of the molecule is C=C(C)C(=O)ON(C)C[N+](=O)[O-]. The summed E-state index contributed by atoms with van der Waals surface area (Å²) in [7, 11) is 1.30. The van der Waals surface area contributed by atoms with Gasteiger partial charge in [0.05, 0.1) is 0 Å². The van der Waals surface area contributed by atoms with Crippen LogP contribution in [-0.2, 0) is 9.63 Å². The van der Waals surface area contributed by atoms with Gasteiger partial charge in [-0.2, -0.15) is 0 Å². The third-order valence-corrected chi connectivity index (χ3v) is 0.902. The van der Waals surface area contributed by atoms with Gasteiger partial charge in [0, 0.05) is 17.5 Å². The maximum absolute atomic E-state index is 10.7. The molecule has 0 aliphatic heterocycles. The number of hydrogen-bond donors (Lipinski definition) is 0. The lowest BCUT2D eigenvalue weighted by atomic mass is 10.4. The van der Waals surface area contributed by atoms with Crippen LogP contribution in [0.15, 0.2) is 12.2 Å². The topological polar surface area (TPSA) is 72.7 Å². The van der Waals surface area contributed by atoms with E-state index in [4.69, 9.17) is 0 Å². The summed E-state index contributed by atoms with van der Waals surface area (Å²) in [6.45, 7) is 4.23. The van der Waals surface area contributed by atoms with Gasteiger partial charge in [0.25, 0.3) is 6.67 Å². The van der Waals surface area contributed by atoms with Crippen molar-refractivity contribution in [2.24, 2.45) is 0 Å². The minimum Gasteiger partial charge on any atom is -0.358 e. The molecule has 0 amide bonds. The molecule has 0 aromatic rings. The van der Waals surface area contributed by atoms with Crippen molar-refractivity contribution in [1.29, 1.82) is 0 Å². The summed E-state index contributed by atoms with van der Waals surface area (Å²) >= 11 is 0. The van der Waals surface area contributed by atoms with Crippen molar-refractivity contribution in [3.8, 4) is 0 Å². The molecule has 6 nitrogen and oxygen atoms in total. The fourth-order valence-corrected chi connectivity index (χ4v) is 0.411. The Morgan fingerprint density at radius 2 is 2.25 bits per heavy atom. The zero-order valence-corrected chi connectivity index (χ0v) is 6.94. The van der Waals surface area contributed by atoms with Crippen LogP contribution in [0.3, 0.4) is 0 Å². The van der Waals surface area contributed by atoms with Crippen molar-refractivity contribution in [1.82, 2.24) is 5.06 Å². The molecule has 0 radical (unpaired) electrons. The van der Waals surface area contributed by atoms with Crippen LogP contribution in [0.25, 0.3) is 0 Å². The van der Waals surface area contributed by atoms with Crippen LogP contribution < -0.4 is 0 Å². The average Bonchev–Trinajstić information content (AvgIpc) is 1.84. The molecule has 0 aliphatic carbocycles. The Kier molecular flexibility index (Phi) is 3.92. The molecule has 0 heterocycles. The summed E-state index contributed by atoms with van der Waals surface area (Å²) in [4.78, 5) is 24.5. The second-order valence-corrected chi connectivity index (χ2v) is 2.26. The molecule has 0 N–H and O–H groups in total. The molecule has 0 saturated heterocycles. The summed E-state index contributed by atoms with van der Waals surface area (Å²) in [5, 5.41) is 10.7. The van der Waals surface area contributed by atoms with Crippen LogP contribution in [0, 0.1) is 10.1 Å². The molecule has 0 atom stereocenters. The number of carbonyl (C=O) groups excluding carboxylic acids is 1. The summed E-state index contributed by atoms with van der Waals surface area (Å²) in [6, 6.07) is 0. The summed E-state index contributed by atoms with van der Waals surface area (Å²) in [6.07, 6.45) is 0. The van der Waals surface area contributed by atoms with Crippen LogP contribution in [0.1, 0.15) is 6.92 Å². The fourth-order valence-electron chi connectivity index (χ4n) is 0.411. The van der Waals surface area contributed by atoms with Gasteiger partial charge in [0.15, 0.2) is 0 Å². The smallest absolute Gasteiger partial charge is 0.352 e. The highest BCUT2D eigenvalue weighted by Gasteiger charge is 2.11. The number of carbonyl (C=O) groups is 1. The molecule has 0 fully saturated rings. The molecule has 12 heavy (non-hydrogen) atoms. The van der Waals surface area contributed by atoms with Crippen LogP contribution in [0.2, 0.25) is 0 Å². The quantitative estimate of drug-likeness (QED) is 0.263. The third-order valence-electron chi connectivity index (χ3n) is 0.902. The Hall–Kier alpha value is -1.43. The molecule has 0 bridgehead atoms. The maximum Gasteiger partial charge on any atom is 0.352 e. The fraction of sp³-hybridized carbons (Fsp3) is 0.500. The van der Waals surface area contributed by atoms with Crippen molar-refractivity contribution >= 4 is 5.97 Å². The second-order valence-electron chi connectivity index (χ2n) is 2.26. The molecule has 6 heteroatoms. The Morgan fingerprint density at radius 3 is 2.58 bits per heavy atom. The van der Waals surface area contributed by atoms with E-state index in [2.05, 4.69) is 11.4 Å². The highest BCUT2D eigenvalue weighted by Crippen LogP contribution is 1.94. The molecule has 0 aliphatic rings. The van der Waals surface area contributed by atoms with Crippen LogP contribution in [0.5, 0.6) is 0 Å². The highest BCUT2D eigenvalue weighted by molar-refractivity contribution is 5.86. The molecule has 0 aromatic heterocycles. The molecule has 0 spiro atoms. The first-order valence-corrected chi connectivity index (χ1v) is 3.14. The lowest BCUT2D eigenvalue weighted by molar-refractivity contribution is -0.521. The minimum absolute atomic E-state index is 0.199. The molecular formula is C6H10N2O4. The standard InChI is InChI=1S/C6H10N2O4/c1-5(2)6(9)12-7(3)4-8(10)11/h1,4H2,2-3H3. The van der Waals surface area contributed by atoms with Crippen molar-refractivity contribution < 1.29 is 14.6 Å². The molecular weight excluding hydrogens is 164 g/mol. The van der Waals surface area contributed by atoms with Crippen LogP contribution in [-0.4, -0.2) is 29.7 Å². The average molecular weight is 174 g/mol. The Labute approximate surface area is 69.5 Å².